The van der Waals surface area contributed by atoms with Crippen LogP contribution in [0.25, 0.3) is 0 Å². The molecule has 0 radical (unpaired) electrons. The third-order valence-corrected chi connectivity index (χ3v) is 2.68. The maximum atomic E-state index is 8.48. The molecule has 1 aliphatic rings. The Labute approximate surface area is 92.6 Å². The maximum Gasteiger partial charge on any atom is 0.0697 e. The molecule has 0 atom stereocenters. The van der Waals surface area contributed by atoms with Gasteiger partial charge in [0.15, 0.2) is 0 Å². The summed E-state index contributed by atoms with van der Waals surface area (Å²) in [5, 5.41) is 11.9. The third kappa shape index (κ3) is 6.84. The van der Waals surface area contributed by atoms with Crippen LogP contribution in [0.4, 0.5) is 0 Å². The van der Waals surface area contributed by atoms with E-state index in [-0.39, 0.29) is 6.61 Å². The van der Waals surface area contributed by atoms with Gasteiger partial charge >= 0.3 is 0 Å². The van der Waals surface area contributed by atoms with Gasteiger partial charge in [-0.05, 0) is 38.9 Å². The Balaban J connectivity index is 1.73. The second-order valence-electron chi connectivity index (χ2n) is 3.99. The average Bonchev–Trinajstić information content (AvgIpc) is 2.75. The summed E-state index contributed by atoms with van der Waals surface area (Å²) >= 11 is 0. The molecule has 2 N–H and O–H groups in total. The van der Waals surface area contributed by atoms with Crippen LogP contribution in [0, 0.1) is 0 Å². The summed E-state index contributed by atoms with van der Waals surface area (Å²) in [5.41, 5.74) is 0. The zero-order chi connectivity index (χ0) is 10.8. The summed E-state index contributed by atoms with van der Waals surface area (Å²) in [6.07, 6.45) is 3.77. The number of hydrogen-bond donors (Lipinski definition) is 2. The molecule has 4 nitrogen and oxygen atoms in total. The minimum Gasteiger partial charge on any atom is -0.394 e. The molecule has 1 rings (SSSR count). The lowest BCUT2D eigenvalue weighted by molar-refractivity contribution is 0.0907. The Morgan fingerprint density at radius 3 is 2.67 bits per heavy atom. The lowest BCUT2D eigenvalue weighted by Gasteiger charge is -2.14. The van der Waals surface area contributed by atoms with Crippen molar-refractivity contribution in [2.24, 2.45) is 0 Å². The van der Waals surface area contributed by atoms with Crippen molar-refractivity contribution in [3.05, 3.63) is 0 Å². The molecule has 15 heavy (non-hydrogen) atoms. The SMILES string of the molecule is OCCOCCCNCCN1CCCC1. The number of likely N-dealkylation sites (tertiary alicyclic amines) is 1. The smallest absolute Gasteiger partial charge is 0.0697 e. The van der Waals surface area contributed by atoms with Gasteiger partial charge < -0.3 is 20.1 Å². The van der Waals surface area contributed by atoms with Gasteiger partial charge in [0, 0.05) is 19.7 Å². The maximum absolute atomic E-state index is 8.48. The van der Waals surface area contributed by atoms with Crippen molar-refractivity contribution < 1.29 is 9.84 Å². The van der Waals surface area contributed by atoms with E-state index in [4.69, 9.17) is 9.84 Å². The van der Waals surface area contributed by atoms with Crippen molar-refractivity contribution in [3.63, 3.8) is 0 Å². The zero-order valence-electron chi connectivity index (χ0n) is 9.58. The van der Waals surface area contributed by atoms with Crippen LogP contribution in [-0.2, 0) is 4.74 Å². The molecule has 0 aromatic carbocycles. The van der Waals surface area contributed by atoms with Crippen LogP contribution in [0.1, 0.15) is 19.3 Å². The van der Waals surface area contributed by atoms with E-state index in [1.54, 1.807) is 0 Å². The summed E-state index contributed by atoms with van der Waals surface area (Å²) in [5.74, 6) is 0. The van der Waals surface area contributed by atoms with Crippen LogP contribution in [0.2, 0.25) is 0 Å². The van der Waals surface area contributed by atoms with Gasteiger partial charge in [-0.15, -0.1) is 0 Å². The van der Waals surface area contributed by atoms with Gasteiger partial charge in [0.2, 0.25) is 0 Å². The Morgan fingerprint density at radius 1 is 1.13 bits per heavy atom. The van der Waals surface area contributed by atoms with Crippen LogP contribution in [-0.4, -0.2) is 62.6 Å². The average molecular weight is 216 g/mol. The molecule has 1 fully saturated rings. The van der Waals surface area contributed by atoms with E-state index in [0.29, 0.717) is 6.61 Å². The molecule has 0 aromatic rings. The van der Waals surface area contributed by atoms with Crippen molar-refractivity contribution in [2.45, 2.75) is 19.3 Å². The number of nitrogens with zero attached hydrogens (tertiary/aromatic N) is 1. The predicted molar refractivity (Wildman–Crippen MR) is 61.1 cm³/mol. The molecule has 90 valence electrons. The molecule has 0 bridgehead atoms. The van der Waals surface area contributed by atoms with Crippen molar-refractivity contribution >= 4 is 0 Å². The minimum absolute atomic E-state index is 0.127. The van der Waals surface area contributed by atoms with E-state index in [1.165, 1.54) is 32.5 Å². The van der Waals surface area contributed by atoms with E-state index in [0.717, 1.165) is 26.1 Å². The number of rotatable bonds is 9. The first-order chi connectivity index (χ1) is 7.43. The van der Waals surface area contributed by atoms with Crippen LogP contribution >= 0.6 is 0 Å². The van der Waals surface area contributed by atoms with Crippen molar-refractivity contribution in [1.29, 1.82) is 0 Å². The molecular formula is C11H24N2O2. The Bertz CT molecular complexity index is 139. The topological polar surface area (TPSA) is 44.7 Å². The number of aliphatic hydroxyl groups excluding tert-OH is 1. The quantitative estimate of drug-likeness (QED) is 0.535. The normalized spacial score (nSPS) is 17.4. The highest BCUT2D eigenvalue weighted by Crippen LogP contribution is 2.05. The van der Waals surface area contributed by atoms with Gasteiger partial charge in [0.05, 0.1) is 13.2 Å². The van der Waals surface area contributed by atoms with E-state index < -0.39 is 0 Å². The summed E-state index contributed by atoms with van der Waals surface area (Å²) in [6.45, 7) is 7.17. The van der Waals surface area contributed by atoms with Gasteiger partial charge in [-0.2, -0.15) is 0 Å². The first-order valence-corrected chi connectivity index (χ1v) is 6.05. The monoisotopic (exact) mass is 216 g/mol. The summed E-state index contributed by atoms with van der Waals surface area (Å²) < 4.78 is 5.16. The van der Waals surface area contributed by atoms with Gasteiger partial charge in [0.25, 0.3) is 0 Å². The number of nitrogens with one attached hydrogen (secondary N) is 1. The van der Waals surface area contributed by atoms with E-state index in [9.17, 15) is 0 Å². The van der Waals surface area contributed by atoms with E-state index >= 15 is 0 Å². The summed E-state index contributed by atoms with van der Waals surface area (Å²) in [7, 11) is 0. The van der Waals surface area contributed by atoms with Gasteiger partial charge in [-0.25, -0.2) is 0 Å². The minimum atomic E-state index is 0.127. The molecule has 0 aliphatic carbocycles. The summed E-state index contributed by atoms with van der Waals surface area (Å²) in [6, 6.07) is 0. The fraction of sp³-hybridized carbons (Fsp3) is 1.00. The number of aliphatic hydroxyl groups is 1. The molecule has 0 unspecified atom stereocenters. The first-order valence-electron chi connectivity index (χ1n) is 6.05. The van der Waals surface area contributed by atoms with Gasteiger partial charge in [0.1, 0.15) is 0 Å². The summed E-state index contributed by atoms with van der Waals surface area (Å²) in [4.78, 5) is 2.51. The van der Waals surface area contributed by atoms with Gasteiger partial charge in [-0.1, -0.05) is 0 Å². The molecular weight excluding hydrogens is 192 g/mol. The largest absolute Gasteiger partial charge is 0.394 e. The molecule has 0 saturated carbocycles. The molecule has 1 aliphatic heterocycles. The second-order valence-corrected chi connectivity index (χ2v) is 3.99. The Hall–Kier alpha value is -0.160. The van der Waals surface area contributed by atoms with E-state index in [1.807, 2.05) is 0 Å². The van der Waals surface area contributed by atoms with Crippen molar-refractivity contribution in [3.8, 4) is 0 Å². The fourth-order valence-electron chi connectivity index (χ4n) is 1.83. The molecule has 0 aromatic heterocycles. The van der Waals surface area contributed by atoms with Crippen molar-refractivity contribution in [1.82, 2.24) is 10.2 Å². The standard InChI is InChI=1S/C11H24N2O2/c14-9-11-15-10-3-4-12-5-8-13-6-1-2-7-13/h12,14H,1-11H2. The molecule has 4 heteroatoms. The number of ether oxygens (including phenoxy) is 1. The first kappa shape index (κ1) is 12.9. The number of hydrogen-bond acceptors (Lipinski definition) is 4. The van der Waals surface area contributed by atoms with Crippen LogP contribution in [0.3, 0.4) is 0 Å². The van der Waals surface area contributed by atoms with Crippen LogP contribution < -0.4 is 5.32 Å². The van der Waals surface area contributed by atoms with Gasteiger partial charge in [-0.3, -0.25) is 0 Å². The lowest BCUT2D eigenvalue weighted by Crippen LogP contribution is -2.30. The van der Waals surface area contributed by atoms with Crippen LogP contribution in [0.5, 0.6) is 0 Å². The molecule has 1 saturated heterocycles. The highest BCUT2D eigenvalue weighted by molar-refractivity contribution is 4.66. The fourth-order valence-corrected chi connectivity index (χ4v) is 1.83. The van der Waals surface area contributed by atoms with Crippen molar-refractivity contribution in [2.75, 3.05) is 52.5 Å². The highest BCUT2D eigenvalue weighted by atomic mass is 16.5. The Morgan fingerprint density at radius 2 is 1.93 bits per heavy atom. The Kier molecular flexibility index (Phi) is 7.83. The molecule has 0 spiro atoms. The molecule has 1 heterocycles. The highest BCUT2D eigenvalue weighted by Gasteiger charge is 2.09. The predicted octanol–water partition coefficient (Wildman–Crippen LogP) is 0.0708. The lowest BCUT2D eigenvalue weighted by atomic mass is 10.4. The van der Waals surface area contributed by atoms with Crippen LogP contribution in [0.15, 0.2) is 0 Å². The zero-order valence-corrected chi connectivity index (χ0v) is 9.58. The molecule has 0 amide bonds. The third-order valence-electron chi connectivity index (χ3n) is 2.68. The van der Waals surface area contributed by atoms with E-state index in [2.05, 4.69) is 10.2 Å². The second kappa shape index (κ2) is 9.09.